The van der Waals surface area contributed by atoms with E-state index in [2.05, 4.69) is 5.10 Å². The monoisotopic (exact) mass is 383 g/mol. The highest BCUT2D eigenvalue weighted by Gasteiger charge is 2.51. The van der Waals surface area contributed by atoms with Gasteiger partial charge in [-0.1, -0.05) is 12.1 Å². The van der Waals surface area contributed by atoms with Crippen LogP contribution in [0.1, 0.15) is 43.7 Å². The highest BCUT2D eigenvalue weighted by Crippen LogP contribution is 2.37. The lowest BCUT2D eigenvalue weighted by atomic mass is 9.78. The van der Waals surface area contributed by atoms with Crippen LogP contribution in [0.3, 0.4) is 0 Å². The smallest absolute Gasteiger partial charge is 0.488 e. The van der Waals surface area contributed by atoms with Crippen LogP contribution in [0.5, 0.6) is 5.75 Å². The van der Waals surface area contributed by atoms with Crippen LogP contribution in [-0.2, 0) is 16.4 Å². The van der Waals surface area contributed by atoms with Crippen molar-refractivity contribution < 1.29 is 18.8 Å². The van der Waals surface area contributed by atoms with E-state index in [0.717, 1.165) is 16.7 Å². The first-order chi connectivity index (χ1) is 13.1. The average Bonchev–Trinajstić information content (AvgIpc) is 3.01. The van der Waals surface area contributed by atoms with Crippen molar-refractivity contribution in [3.63, 3.8) is 0 Å². The Bertz CT molecular complexity index is 922. The molecule has 0 unspecified atom stereocenters. The average molecular weight is 383 g/mol. The molecule has 0 atom stereocenters. The molecule has 2 aliphatic heterocycles. The van der Waals surface area contributed by atoms with Gasteiger partial charge in [0, 0.05) is 12.7 Å². The fourth-order valence-corrected chi connectivity index (χ4v) is 3.58. The lowest BCUT2D eigenvalue weighted by molar-refractivity contribution is 0.00578. The first kappa shape index (κ1) is 19.0. The molecule has 0 aliphatic carbocycles. The lowest BCUT2D eigenvalue weighted by Gasteiger charge is -2.32. The van der Waals surface area contributed by atoms with E-state index in [1.54, 1.807) is 22.8 Å². The SMILES string of the molecule is Cc1cc(B2OC(C)(C)C(C)(C)O2)ccc1N1CCOc2cnn(C)c2C1=O. The minimum atomic E-state index is -0.426. The van der Waals surface area contributed by atoms with Gasteiger partial charge in [0.25, 0.3) is 5.91 Å². The van der Waals surface area contributed by atoms with E-state index in [4.69, 9.17) is 14.0 Å². The number of fused-ring (bicyclic) bond motifs is 1. The number of carbonyl (C=O) groups excluding carboxylic acids is 1. The highest BCUT2D eigenvalue weighted by molar-refractivity contribution is 6.62. The Balaban J connectivity index is 1.64. The number of aryl methyl sites for hydroxylation is 2. The molecular formula is C20H26BN3O4. The van der Waals surface area contributed by atoms with Crippen molar-refractivity contribution >= 4 is 24.2 Å². The summed E-state index contributed by atoms with van der Waals surface area (Å²) in [5.74, 6) is 0.417. The van der Waals surface area contributed by atoms with E-state index >= 15 is 0 Å². The van der Waals surface area contributed by atoms with Crippen molar-refractivity contribution in [2.75, 3.05) is 18.1 Å². The molecule has 8 heteroatoms. The zero-order valence-corrected chi connectivity index (χ0v) is 17.3. The molecule has 2 aliphatic rings. The van der Waals surface area contributed by atoms with E-state index in [1.165, 1.54) is 0 Å². The Kier molecular flexibility index (Phi) is 4.32. The van der Waals surface area contributed by atoms with Gasteiger partial charge in [-0.25, -0.2) is 0 Å². The summed E-state index contributed by atoms with van der Waals surface area (Å²) in [4.78, 5) is 14.9. The number of ether oxygens (including phenoxy) is 1. The summed E-state index contributed by atoms with van der Waals surface area (Å²) in [7, 11) is 1.32. The Morgan fingerprint density at radius 2 is 1.82 bits per heavy atom. The normalized spacial score (nSPS) is 20.7. The van der Waals surface area contributed by atoms with Crippen molar-refractivity contribution in [2.45, 2.75) is 45.8 Å². The highest BCUT2D eigenvalue weighted by atomic mass is 16.7. The van der Waals surface area contributed by atoms with Crippen LogP contribution in [0.15, 0.2) is 24.4 Å². The van der Waals surface area contributed by atoms with Crippen LogP contribution in [-0.4, -0.2) is 47.2 Å². The molecule has 0 radical (unpaired) electrons. The molecule has 0 spiro atoms. The minimum Gasteiger partial charge on any atom is -0.488 e. The largest absolute Gasteiger partial charge is 0.494 e. The molecule has 28 heavy (non-hydrogen) atoms. The maximum absolute atomic E-state index is 13.1. The second-order valence-corrected chi connectivity index (χ2v) is 8.42. The van der Waals surface area contributed by atoms with Crippen molar-refractivity contribution in [1.29, 1.82) is 0 Å². The molecule has 1 amide bonds. The van der Waals surface area contributed by atoms with Crippen LogP contribution in [0.4, 0.5) is 5.69 Å². The van der Waals surface area contributed by atoms with Crippen molar-refractivity contribution in [2.24, 2.45) is 7.05 Å². The molecular weight excluding hydrogens is 357 g/mol. The summed E-state index contributed by atoms with van der Waals surface area (Å²) >= 11 is 0. The van der Waals surface area contributed by atoms with E-state index in [-0.39, 0.29) is 5.91 Å². The quantitative estimate of drug-likeness (QED) is 0.743. The Labute approximate surface area is 165 Å². The summed E-state index contributed by atoms with van der Waals surface area (Å²) in [5.41, 5.74) is 2.46. The topological polar surface area (TPSA) is 65.8 Å². The van der Waals surface area contributed by atoms with E-state index in [0.29, 0.717) is 24.6 Å². The summed E-state index contributed by atoms with van der Waals surface area (Å²) < 4.78 is 19.6. The number of nitrogens with zero attached hydrogens (tertiary/aromatic N) is 3. The van der Waals surface area contributed by atoms with Gasteiger partial charge in [0.15, 0.2) is 11.4 Å². The number of anilines is 1. The first-order valence-corrected chi connectivity index (χ1v) is 9.53. The van der Waals surface area contributed by atoms with Gasteiger partial charge in [-0.2, -0.15) is 5.10 Å². The number of hydrogen-bond acceptors (Lipinski definition) is 5. The first-order valence-electron chi connectivity index (χ1n) is 9.53. The third kappa shape index (κ3) is 2.91. The third-order valence-corrected chi connectivity index (χ3v) is 5.96. The van der Waals surface area contributed by atoms with Crippen molar-refractivity contribution in [3.8, 4) is 5.75 Å². The molecule has 7 nitrogen and oxygen atoms in total. The van der Waals surface area contributed by atoms with Gasteiger partial charge in [-0.3, -0.25) is 9.48 Å². The second kappa shape index (κ2) is 6.35. The zero-order valence-electron chi connectivity index (χ0n) is 17.3. The third-order valence-electron chi connectivity index (χ3n) is 5.96. The fraction of sp³-hybridized carbons (Fsp3) is 0.500. The summed E-state index contributed by atoms with van der Waals surface area (Å²) in [5, 5.41) is 4.15. The van der Waals surface area contributed by atoms with Gasteiger partial charge in [0.05, 0.1) is 23.9 Å². The standard InChI is InChI=1S/C20H26BN3O4/c1-13-11-14(21-27-19(2,3)20(4,5)28-21)7-8-15(13)24-9-10-26-16-12-22-23(6)17(16)18(24)25/h7-8,11-12H,9-10H2,1-6H3. The van der Waals surface area contributed by atoms with Crippen LogP contribution < -0.4 is 15.1 Å². The Hall–Kier alpha value is -2.32. The number of amides is 1. The number of hydrogen-bond donors (Lipinski definition) is 0. The Morgan fingerprint density at radius 3 is 2.46 bits per heavy atom. The molecule has 1 saturated heterocycles. The number of benzene rings is 1. The molecule has 148 valence electrons. The van der Waals surface area contributed by atoms with Gasteiger partial charge >= 0.3 is 7.12 Å². The minimum absolute atomic E-state index is 0.112. The van der Waals surface area contributed by atoms with Gasteiger partial charge in [0.1, 0.15) is 6.61 Å². The molecule has 0 bridgehead atoms. The predicted molar refractivity (Wildman–Crippen MR) is 107 cm³/mol. The van der Waals surface area contributed by atoms with Gasteiger partial charge in [-0.15, -0.1) is 0 Å². The molecule has 1 aromatic carbocycles. The summed E-state index contributed by atoms with van der Waals surface area (Å²) in [6.45, 7) is 11.0. The molecule has 0 N–H and O–H groups in total. The van der Waals surface area contributed by atoms with Crippen LogP contribution in [0.25, 0.3) is 0 Å². The molecule has 4 rings (SSSR count). The molecule has 2 aromatic rings. The maximum atomic E-state index is 13.1. The number of rotatable bonds is 2. The molecule has 0 saturated carbocycles. The maximum Gasteiger partial charge on any atom is 0.494 e. The van der Waals surface area contributed by atoms with Crippen LogP contribution in [0, 0.1) is 6.92 Å². The van der Waals surface area contributed by atoms with Gasteiger partial charge in [-0.05, 0) is 51.7 Å². The van der Waals surface area contributed by atoms with Crippen LogP contribution >= 0.6 is 0 Å². The van der Waals surface area contributed by atoms with Gasteiger partial charge in [0.2, 0.25) is 0 Å². The summed E-state index contributed by atoms with van der Waals surface area (Å²) in [6, 6.07) is 5.95. The number of aromatic nitrogens is 2. The molecule has 1 aromatic heterocycles. The van der Waals surface area contributed by atoms with Crippen molar-refractivity contribution in [3.05, 3.63) is 35.7 Å². The summed E-state index contributed by atoms with van der Waals surface area (Å²) in [6.07, 6.45) is 1.59. The number of carbonyl (C=O) groups is 1. The van der Waals surface area contributed by atoms with Gasteiger partial charge < -0.3 is 18.9 Å². The van der Waals surface area contributed by atoms with Crippen LogP contribution in [0.2, 0.25) is 0 Å². The van der Waals surface area contributed by atoms with E-state index in [9.17, 15) is 4.79 Å². The van der Waals surface area contributed by atoms with Crippen molar-refractivity contribution in [1.82, 2.24) is 9.78 Å². The fourth-order valence-electron chi connectivity index (χ4n) is 3.58. The predicted octanol–water partition coefficient (Wildman–Crippen LogP) is 2.07. The van der Waals surface area contributed by atoms with E-state index in [1.807, 2.05) is 52.8 Å². The zero-order chi connectivity index (χ0) is 20.3. The molecule has 1 fully saturated rings. The van der Waals surface area contributed by atoms with E-state index < -0.39 is 18.3 Å². The lowest BCUT2D eigenvalue weighted by Crippen LogP contribution is -2.41. The Morgan fingerprint density at radius 1 is 1.14 bits per heavy atom. The molecule has 3 heterocycles. The second-order valence-electron chi connectivity index (χ2n) is 8.42.